The van der Waals surface area contributed by atoms with E-state index in [9.17, 15) is 4.39 Å². The van der Waals surface area contributed by atoms with E-state index in [0.717, 1.165) is 28.8 Å². The number of hydrogen-bond acceptors (Lipinski definition) is 5. The molecule has 1 N–H and O–H groups in total. The van der Waals surface area contributed by atoms with Gasteiger partial charge in [0.1, 0.15) is 10.8 Å². The molecule has 22 heavy (non-hydrogen) atoms. The van der Waals surface area contributed by atoms with Crippen LogP contribution in [0.2, 0.25) is 0 Å². The van der Waals surface area contributed by atoms with Gasteiger partial charge in [-0.05, 0) is 37.2 Å². The Hall–Kier alpha value is -1.53. The predicted octanol–water partition coefficient (Wildman–Crippen LogP) is 3.27. The highest BCUT2D eigenvalue weighted by Gasteiger charge is 2.19. The van der Waals surface area contributed by atoms with Gasteiger partial charge in [0.2, 0.25) is 5.13 Å². The number of anilines is 1. The van der Waals surface area contributed by atoms with E-state index in [2.05, 4.69) is 48.4 Å². The smallest absolute Gasteiger partial charge is 0.205 e. The second-order valence-electron chi connectivity index (χ2n) is 6.56. The number of rotatable bonds is 7. The van der Waals surface area contributed by atoms with Crippen LogP contribution >= 0.6 is 11.3 Å². The summed E-state index contributed by atoms with van der Waals surface area (Å²) >= 11 is 1.55. The first-order valence-corrected chi connectivity index (χ1v) is 8.11. The van der Waals surface area contributed by atoms with Gasteiger partial charge < -0.3 is 10.2 Å². The van der Waals surface area contributed by atoms with Crippen molar-refractivity contribution in [3.63, 3.8) is 0 Å². The lowest BCUT2D eigenvalue weighted by atomic mass is 9.93. The number of benzene rings is 1. The minimum Gasteiger partial charge on any atom is -0.359 e. The van der Waals surface area contributed by atoms with Crippen LogP contribution in [0.25, 0.3) is 0 Å². The molecular weight excluding hydrogens is 299 g/mol. The van der Waals surface area contributed by atoms with Crippen LogP contribution in [0.1, 0.15) is 24.4 Å². The van der Waals surface area contributed by atoms with Crippen LogP contribution < -0.4 is 5.32 Å². The zero-order chi connectivity index (χ0) is 16.2. The van der Waals surface area contributed by atoms with Gasteiger partial charge in [-0.3, -0.25) is 0 Å². The monoisotopic (exact) mass is 322 g/mol. The summed E-state index contributed by atoms with van der Waals surface area (Å²) in [5, 5.41) is 13.5. The van der Waals surface area contributed by atoms with Gasteiger partial charge in [0, 0.05) is 19.5 Å². The molecule has 120 valence electrons. The number of hydrogen-bond donors (Lipinski definition) is 1. The molecule has 0 radical (unpaired) electrons. The number of nitrogens with zero attached hydrogens (tertiary/aromatic N) is 3. The van der Waals surface area contributed by atoms with Gasteiger partial charge in [-0.2, -0.15) is 0 Å². The van der Waals surface area contributed by atoms with E-state index >= 15 is 0 Å². The molecule has 0 aliphatic rings. The zero-order valence-corrected chi connectivity index (χ0v) is 14.4. The lowest BCUT2D eigenvalue weighted by molar-refractivity contribution is 0.254. The Morgan fingerprint density at radius 3 is 2.50 bits per heavy atom. The first-order valence-electron chi connectivity index (χ1n) is 7.29. The number of aromatic nitrogens is 2. The molecule has 2 aromatic rings. The normalized spacial score (nSPS) is 11.9. The van der Waals surface area contributed by atoms with Crippen molar-refractivity contribution in [1.82, 2.24) is 15.1 Å². The molecular formula is C16H23FN4S. The van der Waals surface area contributed by atoms with Gasteiger partial charge in [-0.25, -0.2) is 4.39 Å². The third-order valence-corrected chi connectivity index (χ3v) is 4.08. The average molecular weight is 322 g/mol. The van der Waals surface area contributed by atoms with Crippen LogP contribution in [-0.2, 0) is 6.42 Å². The van der Waals surface area contributed by atoms with Crippen LogP contribution in [0.5, 0.6) is 0 Å². The SMILES string of the molecule is CN(C)CC(C)(C)CNc1nnc(Cc2ccc(F)cc2)s1. The van der Waals surface area contributed by atoms with Crippen molar-refractivity contribution in [3.05, 3.63) is 40.7 Å². The highest BCUT2D eigenvalue weighted by atomic mass is 32.1. The molecule has 1 aromatic heterocycles. The Balaban J connectivity index is 1.90. The van der Waals surface area contributed by atoms with E-state index in [0.29, 0.717) is 6.42 Å². The van der Waals surface area contributed by atoms with Gasteiger partial charge in [0.05, 0.1) is 0 Å². The third kappa shape index (κ3) is 5.35. The summed E-state index contributed by atoms with van der Waals surface area (Å²) in [5.41, 5.74) is 1.20. The maximum atomic E-state index is 12.9. The quantitative estimate of drug-likeness (QED) is 0.849. The van der Waals surface area contributed by atoms with E-state index < -0.39 is 0 Å². The predicted molar refractivity (Wildman–Crippen MR) is 89.9 cm³/mol. The standard InChI is InChI=1S/C16H23FN4S/c1-16(2,11-21(3)4)10-18-15-20-19-14(22-15)9-12-5-7-13(17)8-6-12/h5-8H,9-11H2,1-4H3,(H,18,20). The molecule has 0 spiro atoms. The number of nitrogens with one attached hydrogen (secondary N) is 1. The lowest BCUT2D eigenvalue weighted by Crippen LogP contribution is -2.34. The molecule has 0 fully saturated rings. The Labute approximate surface area is 135 Å². The summed E-state index contributed by atoms with van der Waals surface area (Å²) in [6, 6.07) is 6.51. The fourth-order valence-corrected chi connectivity index (χ4v) is 3.17. The second kappa shape index (κ2) is 7.15. The van der Waals surface area contributed by atoms with Crippen molar-refractivity contribution < 1.29 is 4.39 Å². The molecule has 0 bridgehead atoms. The second-order valence-corrected chi connectivity index (χ2v) is 7.62. The van der Waals surface area contributed by atoms with Gasteiger partial charge in [-0.1, -0.05) is 37.3 Å². The van der Waals surface area contributed by atoms with Crippen molar-refractivity contribution in [2.24, 2.45) is 5.41 Å². The van der Waals surface area contributed by atoms with Crippen molar-refractivity contribution in [3.8, 4) is 0 Å². The number of halogens is 1. The molecule has 4 nitrogen and oxygen atoms in total. The topological polar surface area (TPSA) is 41.0 Å². The zero-order valence-electron chi connectivity index (χ0n) is 13.6. The fourth-order valence-electron chi connectivity index (χ4n) is 2.40. The van der Waals surface area contributed by atoms with E-state index in [1.165, 1.54) is 12.1 Å². The molecule has 6 heteroatoms. The highest BCUT2D eigenvalue weighted by Crippen LogP contribution is 2.22. The molecule has 0 saturated carbocycles. The van der Waals surface area contributed by atoms with Gasteiger partial charge in [0.25, 0.3) is 0 Å². The van der Waals surface area contributed by atoms with E-state index in [-0.39, 0.29) is 11.2 Å². The van der Waals surface area contributed by atoms with Gasteiger partial charge >= 0.3 is 0 Å². The molecule has 0 amide bonds. The van der Waals surface area contributed by atoms with Crippen molar-refractivity contribution in [1.29, 1.82) is 0 Å². The van der Waals surface area contributed by atoms with Gasteiger partial charge in [0.15, 0.2) is 0 Å². The summed E-state index contributed by atoms with van der Waals surface area (Å²) in [5.74, 6) is -0.216. The fraction of sp³-hybridized carbons (Fsp3) is 0.500. The summed E-state index contributed by atoms with van der Waals surface area (Å²) in [6.45, 7) is 6.29. The van der Waals surface area contributed by atoms with E-state index in [1.807, 2.05) is 0 Å². The first-order chi connectivity index (χ1) is 10.3. The maximum Gasteiger partial charge on any atom is 0.205 e. The molecule has 2 rings (SSSR count). The highest BCUT2D eigenvalue weighted by molar-refractivity contribution is 7.15. The van der Waals surface area contributed by atoms with Crippen LogP contribution in [-0.4, -0.2) is 42.3 Å². The summed E-state index contributed by atoms with van der Waals surface area (Å²) in [7, 11) is 4.15. The Morgan fingerprint density at radius 2 is 1.86 bits per heavy atom. The molecule has 0 unspecified atom stereocenters. The Bertz CT molecular complexity index is 592. The van der Waals surface area contributed by atoms with E-state index in [4.69, 9.17) is 0 Å². The third-order valence-electron chi connectivity index (χ3n) is 3.20. The van der Waals surface area contributed by atoms with Crippen molar-refractivity contribution >= 4 is 16.5 Å². The molecule has 0 saturated heterocycles. The molecule has 0 aliphatic carbocycles. The summed E-state index contributed by atoms with van der Waals surface area (Å²) < 4.78 is 12.9. The van der Waals surface area contributed by atoms with Crippen molar-refractivity contribution in [2.75, 3.05) is 32.5 Å². The van der Waals surface area contributed by atoms with Crippen LogP contribution in [0, 0.1) is 11.2 Å². The van der Waals surface area contributed by atoms with E-state index in [1.54, 1.807) is 23.5 Å². The molecule has 0 atom stereocenters. The summed E-state index contributed by atoms with van der Waals surface area (Å²) in [6.07, 6.45) is 0.681. The Kier molecular flexibility index (Phi) is 5.47. The largest absolute Gasteiger partial charge is 0.359 e. The van der Waals surface area contributed by atoms with Crippen molar-refractivity contribution in [2.45, 2.75) is 20.3 Å². The minimum absolute atomic E-state index is 0.159. The van der Waals surface area contributed by atoms with Crippen LogP contribution in [0.15, 0.2) is 24.3 Å². The molecule has 0 aliphatic heterocycles. The molecule has 1 heterocycles. The minimum atomic E-state index is -0.216. The van der Waals surface area contributed by atoms with Crippen LogP contribution in [0.4, 0.5) is 9.52 Å². The summed E-state index contributed by atoms with van der Waals surface area (Å²) in [4.78, 5) is 2.18. The first kappa shape index (κ1) is 16.8. The average Bonchev–Trinajstić information content (AvgIpc) is 2.86. The molecule has 1 aromatic carbocycles. The van der Waals surface area contributed by atoms with Crippen LogP contribution in [0.3, 0.4) is 0 Å². The Morgan fingerprint density at radius 1 is 1.18 bits per heavy atom. The maximum absolute atomic E-state index is 12.9. The lowest BCUT2D eigenvalue weighted by Gasteiger charge is -2.28. The van der Waals surface area contributed by atoms with Gasteiger partial charge in [-0.15, -0.1) is 10.2 Å².